The van der Waals surface area contributed by atoms with Crippen LogP contribution in [0.2, 0.25) is 0 Å². The van der Waals surface area contributed by atoms with Crippen LogP contribution in [0.4, 0.5) is 5.82 Å². The van der Waals surface area contributed by atoms with Crippen LogP contribution < -0.4 is 4.90 Å². The van der Waals surface area contributed by atoms with Crippen molar-refractivity contribution in [2.75, 3.05) is 11.4 Å². The van der Waals surface area contributed by atoms with Gasteiger partial charge in [0.2, 0.25) is 0 Å². The fraction of sp³-hybridized carbons (Fsp3) is 0.312. The highest BCUT2D eigenvalue weighted by atomic mass is 15.4. The molecule has 0 spiro atoms. The summed E-state index contributed by atoms with van der Waals surface area (Å²) in [4.78, 5) is 11.0. The van der Waals surface area contributed by atoms with Crippen molar-refractivity contribution in [2.24, 2.45) is 0 Å². The van der Waals surface area contributed by atoms with Crippen LogP contribution >= 0.6 is 0 Å². The second-order valence-corrected chi connectivity index (χ2v) is 4.93. The quantitative estimate of drug-likeness (QED) is 0.721. The summed E-state index contributed by atoms with van der Waals surface area (Å²) >= 11 is 0. The second kappa shape index (κ2) is 5.91. The Bertz CT molecular complexity index is 720. The van der Waals surface area contributed by atoms with E-state index in [9.17, 15) is 0 Å². The fourth-order valence-corrected chi connectivity index (χ4v) is 2.41. The molecule has 0 N–H and O–H groups in total. The molecule has 0 aliphatic heterocycles. The third-order valence-corrected chi connectivity index (χ3v) is 3.57. The van der Waals surface area contributed by atoms with Gasteiger partial charge >= 0.3 is 0 Å². The molecule has 21 heavy (non-hydrogen) atoms. The standard InChI is InChI=1S/C16H19N5/c1-3-14-10-15(21-16(19-14)17-12-18-21)20(4-2)11-13-8-6-5-7-9-13/h5-10,12H,3-4,11H2,1-2H3. The molecule has 0 aliphatic rings. The lowest BCUT2D eigenvalue weighted by Crippen LogP contribution is -2.25. The molecule has 0 radical (unpaired) electrons. The van der Waals surface area contributed by atoms with Crippen molar-refractivity contribution in [3.8, 4) is 0 Å². The SMILES string of the molecule is CCc1cc(N(CC)Cc2ccccc2)n2ncnc2n1. The molecule has 0 fully saturated rings. The minimum atomic E-state index is 0.663. The molecule has 0 amide bonds. The molecule has 3 aromatic rings. The maximum Gasteiger partial charge on any atom is 0.254 e. The van der Waals surface area contributed by atoms with Crippen molar-refractivity contribution >= 4 is 11.6 Å². The minimum absolute atomic E-state index is 0.663. The predicted octanol–water partition coefficient (Wildman–Crippen LogP) is 2.71. The Labute approximate surface area is 124 Å². The lowest BCUT2D eigenvalue weighted by molar-refractivity contribution is 0.770. The molecule has 1 aromatic carbocycles. The van der Waals surface area contributed by atoms with Crippen LogP contribution in [0.3, 0.4) is 0 Å². The molecule has 0 saturated heterocycles. The van der Waals surface area contributed by atoms with Crippen LogP contribution in [0.25, 0.3) is 5.78 Å². The summed E-state index contributed by atoms with van der Waals surface area (Å²) in [6, 6.07) is 12.6. The van der Waals surface area contributed by atoms with Gasteiger partial charge in [-0.15, -0.1) is 0 Å². The number of hydrogen-bond donors (Lipinski definition) is 0. The zero-order valence-corrected chi connectivity index (χ0v) is 12.4. The zero-order chi connectivity index (χ0) is 14.7. The lowest BCUT2D eigenvalue weighted by Gasteiger charge is -2.23. The molecule has 3 rings (SSSR count). The molecule has 5 heteroatoms. The van der Waals surface area contributed by atoms with Gasteiger partial charge in [0.15, 0.2) is 0 Å². The maximum absolute atomic E-state index is 4.50. The van der Waals surface area contributed by atoms with Crippen LogP contribution in [-0.4, -0.2) is 26.1 Å². The maximum atomic E-state index is 4.50. The summed E-state index contributed by atoms with van der Waals surface area (Å²) in [5.74, 6) is 1.71. The highest BCUT2D eigenvalue weighted by Gasteiger charge is 2.13. The van der Waals surface area contributed by atoms with E-state index in [2.05, 4.69) is 64.1 Å². The van der Waals surface area contributed by atoms with Crippen molar-refractivity contribution in [1.82, 2.24) is 19.6 Å². The van der Waals surface area contributed by atoms with Crippen molar-refractivity contribution in [2.45, 2.75) is 26.8 Å². The number of aromatic nitrogens is 4. The van der Waals surface area contributed by atoms with Gasteiger partial charge in [-0.2, -0.15) is 14.6 Å². The second-order valence-electron chi connectivity index (χ2n) is 4.93. The van der Waals surface area contributed by atoms with E-state index in [1.54, 1.807) is 6.33 Å². The van der Waals surface area contributed by atoms with Gasteiger partial charge in [0.25, 0.3) is 5.78 Å². The molecule has 0 atom stereocenters. The van der Waals surface area contributed by atoms with E-state index in [0.29, 0.717) is 5.78 Å². The zero-order valence-electron chi connectivity index (χ0n) is 12.4. The molecular weight excluding hydrogens is 262 g/mol. The van der Waals surface area contributed by atoms with Gasteiger partial charge < -0.3 is 4.90 Å². The molecule has 0 aliphatic carbocycles. The molecule has 0 bridgehead atoms. The Kier molecular flexibility index (Phi) is 3.81. The molecule has 5 nitrogen and oxygen atoms in total. The van der Waals surface area contributed by atoms with Crippen LogP contribution in [0, 0.1) is 0 Å². The fourth-order valence-electron chi connectivity index (χ4n) is 2.41. The molecule has 0 saturated carbocycles. The summed E-state index contributed by atoms with van der Waals surface area (Å²) in [7, 11) is 0. The first-order valence-electron chi connectivity index (χ1n) is 7.30. The lowest BCUT2D eigenvalue weighted by atomic mass is 10.2. The monoisotopic (exact) mass is 281 g/mol. The predicted molar refractivity (Wildman–Crippen MR) is 83.3 cm³/mol. The minimum Gasteiger partial charge on any atom is -0.352 e. The number of fused-ring (bicyclic) bond motifs is 1. The van der Waals surface area contributed by atoms with Crippen LogP contribution in [0.5, 0.6) is 0 Å². The number of anilines is 1. The number of aryl methyl sites for hydroxylation is 1. The van der Waals surface area contributed by atoms with Crippen molar-refractivity contribution < 1.29 is 0 Å². The van der Waals surface area contributed by atoms with E-state index in [1.165, 1.54) is 5.56 Å². The van der Waals surface area contributed by atoms with Gasteiger partial charge in [-0.25, -0.2) is 4.98 Å². The Morgan fingerprint density at radius 1 is 1.14 bits per heavy atom. The first-order valence-corrected chi connectivity index (χ1v) is 7.30. The smallest absolute Gasteiger partial charge is 0.254 e. The van der Waals surface area contributed by atoms with E-state index >= 15 is 0 Å². The summed E-state index contributed by atoms with van der Waals surface area (Å²) in [5.41, 5.74) is 2.32. The first-order chi connectivity index (χ1) is 10.3. The summed E-state index contributed by atoms with van der Waals surface area (Å²) in [5, 5.41) is 4.31. The topological polar surface area (TPSA) is 46.3 Å². The average Bonchev–Trinajstić information content (AvgIpc) is 3.01. The Hall–Kier alpha value is -2.43. The Morgan fingerprint density at radius 3 is 2.67 bits per heavy atom. The molecule has 2 aromatic heterocycles. The molecular formula is C16H19N5. The van der Waals surface area contributed by atoms with E-state index in [1.807, 2.05) is 10.6 Å². The van der Waals surface area contributed by atoms with Gasteiger partial charge in [0.05, 0.1) is 0 Å². The molecule has 108 valence electrons. The Morgan fingerprint density at radius 2 is 1.95 bits per heavy atom. The average molecular weight is 281 g/mol. The summed E-state index contributed by atoms with van der Waals surface area (Å²) in [6.07, 6.45) is 2.45. The Balaban J connectivity index is 2.01. The molecule has 2 heterocycles. The van der Waals surface area contributed by atoms with Gasteiger partial charge in [-0.05, 0) is 18.9 Å². The number of nitrogens with zero attached hydrogens (tertiary/aromatic N) is 5. The van der Waals surface area contributed by atoms with Gasteiger partial charge in [-0.1, -0.05) is 37.3 Å². The van der Waals surface area contributed by atoms with Gasteiger partial charge in [0.1, 0.15) is 12.1 Å². The van der Waals surface area contributed by atoms with Crippen molar-refractivity contribution in [3.63, 3.8) is 0 Å². The summed E-state index contributed by atoms with van der Waals surface area (Å²) in [6.45, 7) is 6.00. The molecule has 0 unspecified atom stereocenters. The van der Waals surface area contributed by atoms with Crippen LogP contribution in [0.15, 0.2) is 42.7 Å². The number of benzene rings is 1. The van der Waals surface area contributed by atoms with Crippen LogP contribution in [0.1, 0.15) is 25.1 Å². The summed E-state index contributed by atoms with van der Waals surface area (Å²) < 4.78 is 1.81. The van der Waals surface area contributed by atoms with Crippen molar-refractivity contribution in [1.29, 1.82) is 0 Å². The normalized spacial score (nSPS) is 11.0. The van der Waals surface area contributed by atoms with Crippen LogP contribution in [-0.2, 0) is 13.0 Å². The van der Waals surface area contributed by atoms with Gasteiger partial charge in [-0.3, -0.25) is 0 Å². The highest BCUT2D eigenvalue weighted by molar-refractivity contribution is 5.47. The first kappa shape index (κ1) is 13.5. The third kappa shape index (κ3) is 2.72. The largest absolute Gasteiger partial charge is 0.352 e. The van der Waals surface area contributed by atoms with E-state index < -0.39 is 0 Å². The highest BCUT2D eigenvalue weighted by Crippen LogP contribution is 2.19. The number of hydrogen-bond acceptors (Lipinski definition) is 4. The van der Waals surface area contributed by atoms with E-state index in [4.69, 9.17) is 0 Å². The van der Waals surface area contributed by atoms with E-state index in [0.717, 1.165) is 31.0 Å². The van der Waals surface area contributed by atoms with Crippen molar-refractivity contribution in [3.05, 3.63) is 54.0 Å². The van der Waals surface area contributed by atoms with Gasteiger partial charge in [0, 0.05) is 24.8 Å². The van der Waals surface area contributed by atoms with E-state index in [-0.39, 0.29) is 0 Å². The number of rotatable bonds is 5. The third-order valence-electron chi connectivity index (χ3n) is 3.57.